The minimum atomic E-state index is -0.377. The Balaban J connectivity index is 2.53. The molecule has 1 saturated heterocycles. The molecule has 1 fully saturated rings. The first kappa shape index (κ1) is 13.0. The van der Waals surface area contributed by atoms with Crippen LogP contribution in [0.2, 0.25) is 0 Å². The fourth-order valence-electron chi connectivity index (χ4n) is 1.98. The van der Waals surface area contributed by atoms with Gasteiger partial charge >= 0.3 is 0 Å². The number of carbonyl (C=O) groups is 2. The first-order valence-electron chi connectivity index (χ1n) is 5.64. The molecule has 0 aromatic rings. The van der Waals surface area contributed by atoms with E-state index in [0.29, 0.717) is 32.7 Å². The Morgan fingerprint density at radius 1 is 1.31 bits per heavy atom. The maximum Gasteiger partial charge on any atom is 0.229 e. The quantitative estimate of drug-likeness (QED) is 0.661. The fourth-order valence-corrected chi connectivity index (χ4v) is 1.98. The van der Waals surface area contributed by atoms with Gasteiger partial charge in [-0.25, -0.2) is 0 Å². The summed E-state index contributed by atoms with van der Waals surface area (Å²) < 4.78 is 0. The molecule has 0 aromatic carbocycles. The molecule has 0 aliphatic carbocycles. The minimum absolute atomic E-state index is 0.160. The largest absolute Gasteiger partial charge is 0.342 e. The van der Waals surface area contributed by atoms with Crippen LogP contribution in [0.3, 0.4) is 0 Å². The maximum absolute atomic E-state index is 12.2. The van der Waals surface area contributed by atoms with Crippen molar-refractivity contribution in [1.82, 2.24) is 15.1 Å². The lowest BCUT2D eigenvalue weighted by atomic mass is 9.91. The van der Waals surface area contributed by atoms with E-state index < -0.39 is 0 Å². The molecule has 0 spiro atoms. The average Bonchev–Trinajstić information content (AvgIpc) is 2.28. The van der Waals surface area contributed by atoms with Crippen molar-refractivity contribution in [3.05, 3.63) is 0 Å². The average molecular weight is 227 g/mol. The van der Waals surface area contributed by atoms with Crippen LogP contribution in [0.15, 0.2) is 0 Å². The molecule has 0 aromatic heterocycles. The number of hydrogen-bond donors (Lipinski definition) is 1. The summed E-state index contributed by atoms with van der Waals surface area (Å²) in [5.41, 5.74) is -0.377. The van der Waals surface area contributed by atoms with Gasteiger partial charge in [0.2, 0.25) is 12.3 Å². The van der Waals surface area contributed by atoms with E-state index in [1.54, 1.807) is 4.90 Å². The van der Waals surface area contributed by atoms with Crippen molar-refractivity contribution in [3.63, 3.8) is 0 Å². The van der Waals surface area contributed by atoms with Gasteiger partial charge in [-0.2, -0.15) is 0 Å². The molecule has 1 aliphatic rings. The second-order valence-electron chi connectivity index (χ2n) is 4.85. The van der Waals surface area contributed by atoms with E-state index in [9.17, 15) is 9.59 Å². The first-order valence-corrected chi connectivity index (χ1v) is 5.64. The highest BCUT2D eigenvalue weighted by atomic mass is 16.2. The maximum atomic E-state index is 12.2. The van der Waals surface area contributed by atoms with E-state index in [2.05, 4.69) is 5.32 Å². The van der Waals surface area contributed by atoms with Gasteiger partial charge in [0.25, 0.3) is 0 Å². The van der Waals surface area contributed by atoms with Gasteiger partial charge in [-0.1, -0.05) is 0 Å². The van der Waals surface area contributed by atoms with Crippen LogP contribution in [0.25, 0.3) is 0 Å². The predicted octanol–water partition coefficient (Wildman–Crippen LogP) is -0.467. The standard InChI is InChI=1S/C11H21N3O2/c1-11(2,8-12-3)10(16)14-6-4-13(9-15)5-7-14/h9,12H,4-8H2,1-3H3. The SMILES string of the molecule is CNCC(C)(C)C(=O)N1CCN(C=O)CC1. The van der Waals surface area contributed by atoms with Crippen LogP contribution in [0.5, 0.6) is 0 Å². The van der Waals surface area contributed by atoms with Gasteiger partial charge in [0.05, 0.1) is 5.41 Å². The summed E-state index contributed by atoms with van der Waals surface area (Å²) in [6, 6.07) is 0. The van der Waals surface area contributed by atoms with Gasteiger partial charge < -0.3 is 15.1 Å². The molecular formula is C11H21N3O2. The van der Waals surface area contributed by atoms with Crippen LogP contribution in [0.1, 0.15) is 13.8 Å². The summed E-state index contributed by atoms with van der Waals surface area (Å²) in [5, 5.41) is 3.03. The number of nitrogens with one attached hydrogen (secondary N) is 1. The van der Waals surface area contributed by atoms with Crippen LogP contribution in [-0.2, 0) is 9.59 Å². The molecule has 1 N–H and O–H groups in total. The number of carbonyl (C=O) groups excluding carboxylic acids is 2. The van der Waals surface area contributed by atoms with Gasteiger partial charge in [0.15, 0.2) is 0 Å². The monoisotopic (exact) mass is 227 g/mol. The number of amides is 2. The zero-order valence-corrected chi connectivity index (χ0v) is 10.3. The Morgan fingerprint density at radius 3 is 2.31 bits per heavy atom. The van der Waals surface area contributed by atoms with Crippen LogP contribution < -0.4 is 5.32 Å². The van der Waals surface area contributed by atoms with Crippen LogP contribution in [0, 0.1) is 5.41 Å². The highest BCUT2D eigenvalue weighted by Crippen LogP contribution is 2.18. The molecule has 0 radical (unpaired) electrons. The zero-order chi connectivity index (χ0) is 12.2. The van der Waals surface area contributed by atoms with E-state index in [1.165, 1.54) is 0 Å². The number of rotatable bonds is 4. The van der Waals surface area contributed by atoms with E-state index in [0.717, 1.165) is 6.41 Å². The topological polar surface area (TPSA) is 52.7 Å². The van der Waals surface area contributed by atoms with E-state index in [1.807, 2.05) is 25.8 Å². The van der Waals surface area contributed by atoms with Crippen molar-refractivity contribution >= 4 is 12.3 Å². The molecule has 5 heteroatoms. The molecule has 1 heterocycles. The van der Waals surface area contributed by atoms with Gasteiger partial charge in [0, 0.05) is 32.7 Å². The predicted molar refractivity (Wildman–Crippen MR) is 61.9 cm³/mol. The Bertz CT molecular complexity index is 258. The van der Waals surface area contributed by atoms with Crippen molar-refractivity contribution in [1.29, 1.82) is 0 Å². The lowest BCUT2D eigenvalue weighted by molar-refractivity contribution is -0.143. The van der Waals surface area contributed by atoms with Crippen molar-refractivity contribution in [2.24, 2.45) is 5.41 Å². The number of nitrogens with zero attached hydrogens (tertiary/aromatic N) is 2. The molecule has 0 bridgehead atoms. The van der Waals surface area contributed by atoms with Crippen LogP contribution >= 0.6 is 0 Å². The molecule has 0 unspecified atom stereocenters. The van der Waals surface area contributed by atoms with E-state index in [4.69, 9.17) is 0 Å². The fraction of sp³-hybridized carbons (Fsp3) is 0.818. The Labute approximate surface area is 96.8 Å². The van der Waals surface area contributed by atoms with Crippen LogP contribution in [-0.4, -0.2) is 61.9 Å². The molecule has 1 rings (SSSR count). The lowest BCUT2D eigenvalue weighted by Crippen LogP contribution is -2.53. The van der Waals surface area contributed by atoms with Crippen molar-refractivity contribution in [2.45, 2.75) is 13.8 Å². The molecule has 16 heavy (non-hydrogen) atoms. The van der Waals surface area contributed by atoms with Gasteiger partial charge in [0.1, 0.15) is 0 Å². The second kappa shape index (κ2) is 5.30. The van der Waals surface area contributed by atoms with Crippen molar-refractivity contribution in [2.75, 3.05) is 39.8 Å². The molecule has 0 atom stereocenters. The molecule has 1 aliphatic heterocycles. The van der Waals surface area contributed by atoms with Crippen molar-refractivity contribution in [3.8, 4) is 0 Å². The third-order valence-corrected chi connectivity index (χ3v) is 2.95. The number of piperazine rings is 1. The van der Waals surface area contributed by atoms with Gasteiger partial charge in [-0.05, 0) is 20.9 Å². The normalized spacial score (nSPS) is 17.4. The van der Waals surface area contributed by atoms with E-state index in [-0.39, 0.29) is 11.3 Å². The third kappa shape index (κ3) is 2.95. The van der Waals surface area contributed by atoms with Gasteiger partial charge in [-0.3, -0.25) is 9.59 Å². The Morgan fingerprint density at radius 2 is 1.88 bits per heavy atom. The molecule has 5 nitrogen and oxygen atoms in total. The Kier molecular flexibility index (Phi) is 4.29. The number of hydrogen-bond acceptors (Lipinski definition) is 3. The summed E-state index contributed by atoms with van der Waals surface area (Å²) in [5.74, 6) is 0.160. The summed E-state index contributed by atoms with van der Waals surface area (Å²) >= 11 is 0. The Hall–Kier alpha value is -1.10. The molecule has 0 saturated carbocycles. The summed E-state index contributed by atoms with van der Waals surface area (Å²) in [7, 11) is 1.85. The highest BCUT2D eigenvalue weighted by Gasteiger charge is 2.32. The molecular weight excluding hydrogens is 206 g/mol. The van der Waals surface area contributed by atoms with E-state index >= 15 is 0 Å². The second-order valence-corrected chi connectivity index (χ2v) is 4.85. The molecule has 92 valence electrons. The summed E-state index contributed by atoms with van der Waals surface area (Å²) in [6.45, 7) is 7.13. The van der Waals surface area contributed by atoms with Gasteiger partial charge in [-0.15, -0.1) is 0 Å². The minimum Gasteiger partial charge on any atom is -0.342 e. The smallest absolute Gasteiger partial charge is 0.229 e. The van der Waals surface area contributed by atoms with Crippen molar-refractivity contribution < 1.29 is 9.59 Å². The summed E-state index contributed by atoms with van der Waals surface area (Å²) in [4.78, 5) is 26.3. The van der Waals surface area contributed by atoms with Crippen LogP contribution in [0.4, 0.5) is 0 Å². The molecule has 2 amide bonds. The lowest BCUT2D eigenvalue weighted by Gasteiger charge is -2.37. The third-order valence-electron chi connectivity index (χ3n) is 2.95. The summed E-state index contributed by atoms with van der Waals surface area (Å²) in [6.07, 6.45) is 0.848. The first-order chi connectivity index (χ1) is 7.51. The zero-order valence-electron chi connectivity index (χ0n) is 10.3. The highest BCUT2D eigenvalue weighted by molar-refractivity contribution is 5.82.